The smallest absolute Gasteiger partial charge is 0.170 e. The van der Waals surface area contributed by atoms with Crippen LogP contribution in [0.3, 0.4) is 0 Å². The van der Waals surface area contributed by atoms with E-state index in [9.17, 15) is 0 Å². The number of nitrogens with two attached hydrogens (primary N) is 1. The van der Waals surface area contributed by atoms with E-state index in [-0.39, 0.29) is 5.84 Å². The summed E-state index contributed by atoms with van der Waals surface area (Å²) >= 11 is 5.82. The standard InChI is InChI=1S/C8H9ClN2O/c1-5-6(8(10)11-12)3-2-4-7(5)9/h2-4,12H,1H3,(H2,10,11). The van der Waals surface area contributed by atoms with Gasteiger partial charge in [-0.1, -0.05) is 28.9 Å². The Kier molecular flexibility index (Phi) is 2.55. The van der Waals surface area contributed by atoms with Gasteiger partial charge in [0, 0.05) is 10.6 Å². The van der Waals surface area contributed by atoms with Crippen LogP contribution >= 0.6 is 11.6 Å². The molecule has 0 radical (unpaired) electrons. The van der Waals surface area contributed by atoms with E-state index in [0.29, 0.717) is 10.6 Å². The average Bonchev–Trinajstić information content (AvgIpc) is 2.08. The van der Waals surface area contributed by atoms with E-state index in [0.717, 1.165) is 5.56 Å². The van der Waals surface area contributed by atoms with Crippen LogP contribution in [0.25, 0.3) is 0 Å². The number of amidine groups is 1. The predicted octanol–water partition coefficient (Wildman–Crippen LogP) is 1.74. The molecule has 0 unspecified atom stereocenters. The highest BCUT2D eigenvalue weighted by molar-refractivity contribution is 6.31. The molecule has 0 aromatic heterocycles. The van der Waals surface area contributed by atoms with Crippen molar-refractivity contribution in [2.75, 3.05) is 0 Å². The van der Waals surface area contributed by atoms with Crippen LogP contribution in [-0.2, 0) is 0 Å². The fraction of sp³-hybridized carbons (Fsp3) is 0.125. The summed E-state index contributed by atoms with van der Waals surface area (Å²) in [6.07, 6.45) is 0. The fourth-order valence-corrected chi connectivity index (χ4v) is 1.11. The Labute approximate surface area is 75.4 Å². The van der Waals surface area contributed by atoms with Crippen LogP contribution in [0.1, 0.15) is 11.1 Å². The second kappa shape index (κ2) is 3.45. The Balaban J connectivity index is 3.26. The van der Waals surface area contributed by atoms with Crippen molar-refractivity contribution >= 4 is 17.4 Å². The van der Waals surface area contributed by atoms with Gasteiger partial charge in [0.25, 0.3) is 0 Å². The van der Waals surface area contributed by atoms with Gasteiger partial charge in [0.2, 0.25) is 0 Å². The van der Waals surface area contributed by atoms with E-state index in [1.807, 2.05) is 6.92 Å². The minimum Gasteiger partial charge on any atom is -0.409 e. The topological polar surface area (TPSA) is 58.6 Å². The molecule has 0 fully saturated rings. The van der Waals surface area contributed by atoms with E-state index in [1.165, 1.54) is 0 Å². The molecule has 3 nitrogen and oxygen atoms in total. The molecule has 4 heteroatoms. The van der Waals surface area contributed by atoms with Crippen molar-refractivity contribution in [1.82, 2.24) is 0 Å². The lowest BCUT2D eigenvalue weighted by atomic mass is 10.1. The van der Waals surface area contributed by atoms with Gasteiger partial charge in [-0.15, -0.1) is 0 Å². The lowest BCUT2D eigenvalue weighted by Gasteiger charge is -2.04. The van der Waals surface area contributed by atoms with Crippen LogP contribution in [0, 0.1) is 6.92 Å². The van der Waals surface area contributed by atoms with E-state index in [4.69, 9.17) is 22.5 Å². The van der Waals surface area contributed by atoms with Crippen LogP contribution in [0.2, 0.25) is 5.02 Å². The lowest BCUT2D eigenvalue weighted by molar-refractivity contribution is 0.318. The summed E-state index contributed by atoms with van der Waals surface area (Å²) in [6.45, 7) is 1.82. The van der Waals surface area contributed by atoms with Crippen LogP contribution in [0.5, 0.6) is 0 Å². The third kappa shape index (κ3) is 1.51. The number of halogens is 1. The summed E-state index contributed by atoms with van der Waals surface area (Å²) < 4.78 is 0. The molecule has 0 saturated heterocycles. The highest BCUT2D eigenvalue weighted by Crippen LogP contribution is 2.18. The molecule has 12 heavy (non-hydrogen) atoms. The third-order valence-corrected chi connectivity index (χ3v) is 2.06. The molecule has 0 amide bonds. The summed E-state index contributed by atoms with van der Waals surface area (Å²) in [7, 11) is 0. The zero-order valence-corrected chi connectivity index (χ0v) is 7.34. The molecule has 0 spiro atoms. The molecule has 0 bridgehead atoms. The second-order valence-corrected chi connectivity index (χ2v) is 2.80. The van der Waals surface area contributed by atoms with Gasteiger partial charge in [0.05, 0.1) is 0 Å². The average molecular weight is 185 g/mol. The maximum absolute atomic E-state index is 8.42. The van der Waals surface area contributed by atoms with Gasteiger partial charge in [0.1, 0.15) is 0 Å². The van der Waals surface area contributed by atoms with Crippen LogP contribution < -0.4 is 5.73 Å². The number of nitrogens with zero attached hydrogens (tertiary/aromatic N) is 1. The molecular weight excluding hydrogens is 176 g/mol. The predicted molar refractivity (Wildman–Crippen MR) is 48.7 cm³/mol. The molecule has 1 aromatic carbocycles. The van der Waals surface area contributed by atoms with E-state index >= 15 is 0 Å². The first-order valence-electron chi connectivity index (χ1n) is 3.40. The summed E-state index contributed by atoms with van der Waals surface area (Å²) in [4.78, 5) is 0. The summed E-state index contributed by atoms with van der Waals surface area (Å²) in [5, 5.41) is 11.9. The molecule has 0 aliphatic rings. The third-order valence-electron chi connectivity index (χ3n) is 1.65. The second-order valence-electron chi connectivity index (χ2n) is 2.40. The van der Waals surface area contributed by atoms with Crippen molar-refractivity contribution in [3.8, 4) is 0 Å². The number of rotatable bonds is 1. The quantitative estimate of drug-likeness (QED) is 0.302. The number of hydrogen-bond donors (Lipinski definition) is 2. The highest BCUT2D eigenvalue weighted by atomic mass is 35.5. The maximum Gasteiger partial charge on any atom is 0.170 e. The SMILES string of the molecule is Cc1c(Cl)cccc1/C(N)=N\O. The van der Waals surface area contributed by atoms with Crippen molar-refractivity contribution in [3.63, 3.8) is 0 Å². The van der Waals surface area contributed by atoms with Crippen LogP contribution in [-0.4, -0.2) is 11.0 Å². The minimum absolute atomic E-state index is 0.0787. The Morgan fingerprint density at radius 2 is 2.25 bits per heavy atom. The van der Waals surface area contributed by atoms with Gasteiger partial charge in [-0.2, -0.15) is 0 Å². The van der Waals surface area contributed by atoms with E-state index in [2.05, 4.69) is 5.16 Å². The van der Waals surface area contributed by atoms with Crippen molar-refractivity contribution in [2.45, 2.75) is 6.92 Å². The van der Waals surface area contributed by atoms with Gasteiger partial charge in [0.15, 0.2) is 5.84 Å². The Hall–Kier alpha value is -1.22. The Bertz CT molecular complexity index is 323. The molecule has 1 rings (SSSR count). The normalized spacial score (nSPS) is 11.7. The first-order chi connectivity index (χ1) is 5.66. The fourth-order valence-electron chi connectivity index (χ4n) is 0.939. The Morgan fingerprint density at radius 1 is 1.58 bits per heavy atom. The summed E-state index contributed by atoms with van der Waals surface area (Å²) in [5.74, 6) is 0.0787. The molecule has 1 aromatic rings. The largest absolute Gasteiger partial charge is 0.409 e. The van der Waals surface area contributed by atoms with Crippen molar-refractivity contribution in [2.24, 2.45) is 10.9 Å². The lowest BCUT2D eigenvalue weighted by Crippen LogP contribution is -2.14. The van der Waals surface area contributed by atoms with Crippen molar-refractivity contribution in [3.05, 3.63) is 34.3 Å². The molecule has 0 aliphatic carbocycles. The molecular formula is C8H9ClN2O. The summed E-state index contributed by atoms with van der Waals surface area (Å²) in [5.41, 5.74) is 6.88. The minimum atomic E-state index is 0.0787. The van der Waals surface area contributed by atoms with Gasteiger partial charge < -0.3 is 10.9 Å². The molecule has 0 saturated carbocycles. The number of benzene rings is 1. The molecule has 0 aliphatic heterocycles. The van der Waals surface area contributed by atoms with E-state index in [1.54, 1.807) is 18.2 Å². The van der Waals surface area contributed by atoms with Crippen molar-refractivity contribution < 1.29 is 5.21 Å². The first kappa shape index (κ1) is 8.87. The highest BCUT2D eigenvalue weighted by Gasteiger charge is 2.04. The molecule has 3 N–H and O–H groups in total. The number of hydrogen-bond acceptors (Lipinski definition) is 2. The van der Waals surface area contributed by atoms with Gasteiger partial charge in [-0.05, 0) is 18.6 Å². The Morgan fingerprint density at radius 3 is 2.83 bits per heavy atom. The van der Waals surface area contributed by atoms with Gasteiger partial charge in [-0.3, -0.25) is 0 Å². The summed E-state index contributed by atoms with van der Waals surface area (Å²) in [6, 6.07) is 5.25. The maximum atomic E-state index is 8.42. The van der Waals surface area contributed by atoms with Crippen molar-refractivity contribution in [1.29, 1.82) is 0 Å². The van der Waals surface area contributed by atoms with E-state index < -0.39 is 0 Å². The molecule has 64 valence electrons. The molecule has 0 atom stereocenters. The zero-order valence-electron chi connectivity index (χ0n) is 6.58. The number of oxime groups is 1. The first-order valence-corrected chi connectivity index (χ1v) is 3.77. The van der Waals surface area contributed by atoms with Gasteiger partial charge >= 0.3 is 0 Å². The molecule has 0 heterocycles. The zero-order chi connectivity index (χ0) is 9.14. The van der Waals surface area contributed by atoms with Gasteiger partial charge in [-0.25, -0.2) is 0 Å². The van der Waals surface area contributed by atoms with Crippen LogP contribution in [0.4, 0.5) is 0 Å². The van der Waals surface area contributed by atoms with Crippen LogP contribution in [0.15, 0.2) is 23.4 Å². The monoisotopic (exact) mass is 184 g/mol.